The summed E-state index contributed by atoms with van der Waals surface area (Å²) in [4.78, 5) is 0. The van der Waals surface area contributed by atoms with Crippen molar-refractivity contribution in [2.45, 2.75) is 38.5 Å². The number of hydrogen-bond acceptors (Lipinski definition) is 2. The van der Waals surface area contributed by atoms with Gasteiger partial charge in [-0.3, -0.25) is 0 Å². The SMILES string of the molecule is CC1CCC(c2ccc(/C=N/N=C/c3ccc(F)c(F)c3)cc2)CC1. The van der Waals surface area contributed by atoms with E-state index in [4.69, 9.17) is 0 Å². The standard InChI is InChI=1S/C21H22F2N2/c1-15-2-7-18(8-3-15)19-9-4-16(5-10-19)13-24-25-14-17-6-11-20(22)21(23)12-17/h4-6,9-15,18H,2-3,7-8H2,1H3/b24-13+,25-14+. The van der Waals surface area contributed by atoms with Crippen LogP contribution in [0.1, 0.15) is 55.2 Å². The fraction of sp³-hybridized carbons (Fsp3) is 0.333. The Hall–Kier alpha value is -2.36. The van der Waals surface area contributed by atoms with Gasteiger partial charge in [-0.2, -0.15) is 10.2 Å². The molecule has 1 aliphatic carbocycles. The first-order valence-electron chi connectivity index (χ1n) is 8.73. The topological polar surface area (TPSA) is 24.7 Å². The highest BCUT2D eigenvalue weighted by atomic mass is 19.2. The van der Waals surface area contributed by atoms with Crippen molar-refractivity contribution >= 4 is 12.4 Å². The lowest BCUT2D eigenvalue weighted by Crippen LogP contribution is -2.10. The van der Waals surface area contributed by atoms with E-state index in [1.54, 1.807) is 6.21 Å². The lowest BCUT2D eigenvalue weighted by molar-refractivity contribution is 0.348. The van der Waals surface area contributed by atoms with Crippen molar-refractivity contribution in [3.63, 3.8) is 0 Å². The molecule has 2 aromatic carbocycles. The van der Waals surface area contributed by atoms with Crippen molar-refractivity contribution in [3.05, 3.63) is 70.8 Å². The summed E-state index contributed by atoms with van der Waals surface area (Å²) in [7, 11) is 0. The molecule has 2 aromatic rings. The molecule has 0 unspecified atom stereocenters. The lowest BCUT2D eigenvalue weighted by Gasteiger charge is -2.26. The number of halogens is 2. The molecule has 0 radical (unpaired) electrons. The van der Waals surface area contributed by atoms with Gasteiger partial charge < -0.3 is 0 Å². The molecular formula is C21H22F2N2. The maximum Gasteiger partial charge on any atom is 0.159 e. The average molecular weight is 340 g/mol. The van der Waals surface area contributed by atoms with Gasteiger partial charge in [-0.15, -0.1) is 0 Å². The fourth-order valence-corrected chi connectivity index (χ4v) is 3.24. The number of hydrogen-bond donors (Lipinski definition) is 0. The van der Waals surface area contributed by atoms with Crippen LogP contribution in [0.3, 0.4) is 0 Å². The molecule has 0 heterocycles. The molecule has 1 saturated carbocycles. The van der Waals surface area contributed by atoms with Crippen LogP contribution in [-0.4, -0.2) is 12.4 Å². The van der Waals surface area contributed by atoms with Gasteiger partial charge in [-0.1, -0.05) is 50.1 Å². The summed E-state index contributed by atoms with van der Waals surface area (Å²) in [5, 5.41) is 7.85. The quantitative estimate of drug-likeness (QED) is 0.503. The number of rotatable bonds is 4. The van der Waals surface area contributed by atoms with Crippen LogP contribution in [-0.2, 0) is 0 Å². The highest BCUT2D eigenvalue weighted by Crippen LogP contribution is 2.35. The molecule has 0 spiro atoms. The molecule has 0 N–H and O–H groups in total. The molecule has 0 saturated heterocycles. The monoisotopic (exact) mass is 340 g/mol. The molecule has 130 valence electrons. The van der Waals surface area contributed by atoms with Gasteiger partial charge >= 0.3 is 0 Å². The smallest absolute Gasteiger partial charge is 0.159 e. The summed E-state index contributed by atoms with van der Waals surface area (Å²) in [5.41, 5.74) is 2.84. The van der Waals surface area contributed by atoms with E-state index >= 15 is 0 Å². The second-order valence-corrected chi connectivity index (χ2v) is 6.79. The number of nitrogens with zero attached hydrogens (tertiary/aromatic N) is 2. The molecule has 0 bridgehead atoms. The first-order valence-corrected chi connectivity index (χ1v) is 8.73. The average Bonchev–Trinajstić information content (AvgIpc) is 2.63. The Morgan fingerprint density at radius 1 is 0.800 bits per heavy atom. The van der Waals surface area contributed by atoms with E-state index in [0.717, 1.165) is 23.6 Å². The highest BCUT2D eigenvalue weighted by Gasteiger charge is 2.19. The van der Waals surface area contributed by atoms with E-state index in [1.807, 2.05) is 12.1 Å². The minimum Gasteiger partial charge on any atom is -0.204 e. The summed E-state index contributed by atoms with van der Waals surface area (Å²) in [6, 6.07) is 12.0. The Morgan fingerprint density at radius 2 is 1.40 bits per heavy atom. The predicted molar refractivity (Wildman–Crippen MR) is 98.4 cm³/mol. The maximum absolute atomic E-state index is 13.1. The van der Waals surface area contributed by atoms with E-state index in [9.17, 15) is 8.78 Å². The van der Waals surface area contributed by atoms with Crippen molar-refractivity contribution in [1.29, 1.82) is 0 Å². The number of benzene rings is 2. The van der Waals surface area contributed by atoms with E-state index in [1.165, 1.54) is 43.5 Å². The van der Waals surface area contributed by atoms with Crippen LogP contribution < -0.4 is 0 Å². The van der Waals surface area contributed by atoms with Crippen molar-refractivity contribution in [2.75, 3.05) is 0 Å². The molecule has 4 heteroatoms. The van der Waals surface area contributed by atoms with E-state index in [-0.39, 0.29) is 0 Å². The zero-order valence-electron chi connectivity index (χ0n) is 14.3. The van der Waals surface area contributed by atoms with Crippen LogP contribution in [0, 0.1) is 17.6 Å². The van der Waals surface area contributed by atoms with E-state index in [0.29, 0.717) is 11.5 Å². The third-order valence-electron chi connectivity index (χ3n) is 4.85. The molecule has 1 aliphatic rings. The van der Waals surface area contributed by atoms with Crippen LogP contribution in [0.4, 0.5) is 8.78 Å². The van der Waals surface area contributed by atoms with Gasteiger partial charge in [0.05, 0.1) is 12.4 Å². The van der Waals surface area contributed by atoms with Crippen molar-refractivity contribution in [1.82, 2.24) is 0 Å². The van der Waals surface area contributed by atoms with Gasteiger partial charge in [0, 0.05) is 0 Å². The fourth-order valence-electron chi connectivity index (χ4n) is 3.24. The van der Waals surface area contributed by atoms with Crippen LogP contribution in [0.2, 0.25) is 0 Å². The molecule has 25 heavy (non-hydrogen) atoms. The minimum atomic E-state index is -0.888. The van der Waals surface area contributed by atoms with Gasteiger partial charge in [-0.05, 0) is 53.5 Å². The zero-order chi connectivity index (χ0) is 17.6. The molecule has 0 aromatic heterocycles. The Morgan fingerprint density at radius 3 is 2.04 bits per heavy atom. The molecule has 1 fully saturated rings. The maximum atomic E-state index is 13.1. The third kappa shape index (κ3) is 4.81. The molecule has 0 amide bonds. The van der Waals surface area contributed by atoms with Crippen molar-refractivity contribution in [3.8, 4) is 0 Å². The molecule has 0 atom stereocenters. The first kappa shape index (κ1) is 17.5. The van der Waals surface area contributed by atoms with E-state index < -0.39 is 11.6 Å². The van der Waals surface area contributed by atoms with Crippen LogP contribution >= 0.6 is 0 Å². The van der Waals surface area contributed by atoms with Gasteiger partial charge in [0.2, 0.25) is 0 Å². The highest BCUT2D eigenvalue weighted by molar-refractivity contribution is 5.82. The Bertz CT molecular complexity index is 758. The third-order valence-corrected chi connectivity index (χ3v) is 4.85. The summed E-state index contributed by atoms with van der Waals surface area (Å²) in [6.07, 6.45) is 8.22. The van der Waals surface area contributed by atoms with Crippen LogP contribution in [0.25, 0.3) is 0 Å². The Balaban J connectivity index is 1.58. The predicted octanol–water partition coefficient (Wildman–Crippen LogP) is 5.71. The lowest BCUT2D eigenvalue weighted by atomic mass is 9.79. The largest absolute Gasteiger partial charge is 0.204 e. The summed E-state index contributed by atoms with van der Waals surface area (Å²) >= 11 is 0. The summed E-state index contributed by atoms with van der Waals surface area (Å²) in [6.45, 7) is 2.33. The molecule has 0 aliphatic heterocycles. The van der Waals surface area contributed by atoms with Crippen LogP contribution in [0.15, 0.2) is 52.7 Å². The van der Waals surface area contributed by atoms with Gasteiger partial charge in [-0.25, -0.2) is 8.78 Å². The second-order valence-electron chi connectivity index (χ2n) is 6.79. The molecular weight excluding hydrogens is 318 g/mol. The van der Waals surface area contributed by atoms with Crippen molar-refractivity contribution in [2.24, 2.45) is 16.1 Å². The zero-order valence-corrected chi connectivity index (χ0v) is 14.3. The van der Waals surface area contributed by atoms with E-state index in [2.05, 4.69) is 29.3 Å². The molecule has 2 nitrogen and oxygen atoms in total. The minimum absolute atomic E-state index is 0.470. The van der Waals surface area contributed by atoms with Gasteiger partial charge in [0.25, 0.3) is 0 Å². The van der Waals surface area contributed by atoms with Gasteiger partial charge in [0.15, 0.2) is 11.6 Å². The Labute approximate surface area is 147 Å². The Kier molecular flexibility index (Phi) is 5.69. The van der Waals surface area contributed by atoms with Crippen LogP contribution in [0.5, 0.6) is 0 Å². The second kappa shape index (κ2) is 8.15. The first-order chi connectivity index (χ1) is 12.1. The van der Waals surface area contributed by atoms with Crippen molar-refractivity contribution < 1.29 is 8.78 Å². The molecule has 3 rings (SSSR count). The normalized spacial score (nSPS) is 21.2. The van der Waals surface area contributed by atoms with Gasteiger partial charge in [0.1, 0.15) is 0 Å². The summed E-state index contributed by atoms with van der Waals surface area (Å²) in [5.74, 6) is -0.225. The summed E-state index contributed by atoms with van der Waals surface area (Å²) < 4.78 is 25.9.